The van der Waals surface area contributed by atoms with Crippen LogP contribution in [0.5, 0.6) is 0 Å². The van der Waals surface area contributed by atoms with Crippen LogP contribution in [0.2, 0.25) is 0 Å². The van der Waals surface area contributed by atoms with Crippen LogP contribution in [0, 0.1) is 5.92 Å². The first-order chi connectivity index (χ1) is 17.3. The summed E-state index contributed by atoms with van der Waals surface area (Å²) in [6.07, 6.45) is 1.91. The van der Waals surface area contributed by atoms with Crippen LogP contribution in [0.3, 0.4) is 0 Å². The molecule has 0 aliphatic carbocycles. The van der Waals surface area contributed by atoms with Crippen molar-refractivity contribution in [2.75, 3.05) is 11.4 Å². The zero-order valence-electron chi connectivity index (χ0n) is 21.1. The predicted molar refractivity (Wildman–Crippen MR) is 139 cm³/mol. The molecule has 1 N–H and O–H groups in total. The summed E-state index contributed by atoms with van der Waals surface area (Å²) in [4.78, 5) is 38.5. The van der Waals surface area contributed by atoms with Crippen LogP contribution in [-0.4, -0.2) is 33.0 Å². The lowest BCUT2D eigenvalue weighted by molar-refractivity contribution is -0.172. The lowest BCUT2D eigenvalue weighted by Gasteiger charge is -2.33. The molecular weight excluding hydrogens is 456 g/mol. The van der Waals surface area contributed by atoms with Crippen molar-refractivity contribution < 1.29 is 14.6 Å². The van der Waals surface area contributed by atoms with E-state index in [-0.39, 0.29) is 18.6 Å². The molecule has 0 spiro atoms. The molecule has 0 amide bonds. The number of nitrogens with zero attached hydrogens (tertiary/aromatic N) is 4. The van der Waals surface area contributed by atoms with Gasteiger partial charge in [-0.2, -0.15) is 0 Å². The molecule has 1 aromatic carbocycles. The fourth-order valence-electron chi connectivity index (χ4n) is 5.71. The third-order valence-electron chi connectivity index (χ3n) is 7.74. The Bertz CT molecular complexity index is 1540. The number of carbonyl (C=O) groups excluding carboxylic acids is 1. The molecule has 0 saturated heterocycles. The van der Waals surface area contributed by atoms with Gasteiger partial charge in [0, 0.05) is 24.1 Å². The van der Waals surface area contributed by atoms with Gasteiger partial charge in [-0.3, -0.25) is 4.79 Å². The number of cyclic esters (lactones) is 1. The smallest absolute Gasteiger partial charge is 0.343 e. The number of benzene rings is 1. The molecule has 5 heterocycles. The Balaban J connectivity index is 1.63. The summed E-state index contributed by atoms with van der Waals surface area (Å²) < 4.78 is 6.93. The second-order valence-corrected chi connectivity index (χ2v) is 10.3. The maximum atomic E-state index is 13.7. The molecule has 6 rings (SSSR count). The highest BCUT2D eigenvalue weighted by atomic mass is 16.6. The summed E-state index contributed by atoms with van der Waals surface area (Å²) in [5.74, 6) is 0.822. The molecule has 3 aliphatic rings. The molecule has 1 atom stereocenters. The first-order valence-corrected chi connectivity index (χ1v) is 12.8. The van der Waals surface area contributed by atoms with E-state index in [1.54, 1.807) is 17.6 Å². The number of fused-ring (bicyclic) bond motifs is 5. The van der Waals surface area contributed by atoms with Crippen LogP contribution in [0.4, 0.5) is 11.4 Å². The number of ether oxygens (including phenoxy) is 1. The lowest BCUT2D eigenvalue weighted by atomic mass is 9.86. The Labute approximate surface area is 209 Å². The molecule has 2 aromatic heterocycles. The van der Waals surface area contributed by atoms with Crippen molar-refractivity contribution in [3.63, 3.8) is 0 Å². The fourth-order valence-corrected chi connectivity index (χ4v) is 5.71. The first-order valence-electron chi connectivity index (χ1n) is 12.8. The number of aliphatic imine (C=N–C) groups is 1. The summed E-state index contributed by atoms with van der Waals surface area (Å²) in [5.41, 5.74) is 3.70. The maximum absolute atomic E-state index is 13.7. The molecule has 186 valence electrons. The van der Waals surface area contributed by atoms with Crippen LogP contribution in [0.15, 0.2) is 34.1 Å². The van der Waals surface area contributed by atoms with Gasteiger partial charge in [0.05, 0.1) is 45.8 Å². The number of rotatable bonds is 5. The monoisotopic (exact) mass is 486 g/mol. The zero-order valence-corrected chi connectivity index (χ0v) is 21.1. The number of amidine groups is 1. The molecule has 0 saturated carbocycles. The average Bonchev–Trinajstić information content (AvgIpc) is 3.24. The first kappa shape index (κ1) is 22.9. The molecule has 0 fully saturated rings. The van der Waals surface area contributed by atoms with Crippen molar-refractivity contribution in [1.82, 2.24) is 9.55 Å². The SMILES string of the molecule is CCC1=Nc2cccc3nc4c(c(c23)N1CCC(C)C)Cn1c-4cc2c(c1=O)COC(=O)C2(O)CC. The highest BCUT2D eigenvalue weighted by molar-refractivity contribution is 6.16. The topological polar surface area (TPSA) is 97.0 Å². The van der Waals surface area contributed by atoms with Gasteiger partial charge in [0.25, 0.3) is 5.56 Å². The Morgan fingerprint density at radius 1 is 1.19 bits per heavy atom. The lowest BCUT2D eigenvalue weighted by Crippen LogP contribution is -2.44. The van der Waals surface area contributed by atoms with Crippen LogP contribution < -0.4 is 10.5 Å². The number of aromatic nitrogens is 2. The van der Waals surface area contributed by atoms with Gasteiger partial charge < -0.3 is 19.3 Å². The van der Waals surface area contributed by atoms with Gasteiger partial charge in [-0.25, -0.2) is 14.8 Å². The van der Waals surface area contributed by atoms with Crippen LogP contribution in [-0.2, 0) is 28.3 Å². The largest absolute Gasteiger partial charge is 0.458 e. The number of aliphatic hydroxyl groups is 1. The summed E-state index contributed by atoms with van der Waals surface area (Å²) in [6, 6.07) is 7.74. The number of anilines is 1. The fraction of sp³-hybridized carbons (Fsp3) is 0.429. The molecule has 0 radical (unpaired) electrons. The highest BCUT2D eigenvalue weighted by Crippen LogP contribution is 2.47. The quantitative estimate of drug-likeness (QED) is 0.421. The molecule has 3 aromatic rings. The van der Waals surface area contributed by atoms with Gasteiger partial charge in [-0.15, -0.1) is 0 Å². The molecule has 0 bridgehead atoms. The second kappa shape index (κ2) is 8.00. The van der Waals surface area contributed by atoms with Crippen molar-refractivity contribution in [3.8, 4) is 11.4 Å². The molecule has 1 unspecified atom stereocenters. The third kappa shape index (κ3) is 3.03. The van der Waals surface area contributed by atoms with Crippen molar-refractivity contribution >= 4 is 34.1 Å². The van der Waals surface area contributed by atoms with Gasteiger partial charge in [-0.1, -0.05) is 33.8 Å². The molecule has 3 aliphatic heterocycles. The number of pyridine rings is 2. The minimum Gasteiger partial charge on any atom is -0.458 e. The van der Waals surface area contributed by atoms with E-state index in [0.29, 0.717) is 29.3 Å². The Morgan fingerprint density at radius 3 is 2.72 bits per heavy atom. The van der Waals surface area contributed by atoms with Crippen molar-refractivity contribution in [3.05, 3.63) is 51.3 Å². The minimum atomic E-state index is -1.84. The van der Waals surface area contributed by atoms with E-state index in [1.165, 1.54) is 0 Å². The number of hydrogen-bond donors (Lipinski definition) is 1. The summed E-state index contributed by atoms with van der Waals surface area (Å²) in [6.45, 7) is 9.32. The Hall–Kier alpha value is -3.52. The van der Waals surface area contributed by atoms with Gasteiger partial charge in [0.15, 0.2) is 5.60 Å². The zero-order chi connectivity index (χ0) is 25.4. The Kier molecular flexibility index (Phi) is 5.09. The summed E-state index contributed by atoms with van der Waals surface area (Å²) in [5, 5.41) is 12.2. The maximum Gasteiger partial charge on any atom is 0.343 e. The average molecular weight is 487 g/mol. The molecule has 36 heavy (non-hydrogen) atoms. The van der Waals surface area contributed by atoms with E-state index in [1.807, 2.05) is 18.2 Å². The third-order valence-corrected chi connectivity index (χ3v) is 7.74. The predicted octanol–water partition coefficient (Wildman–Crippen LogP) is 4.39. The van der Waals surface area contributed by atoms with E-state index < -0.39 is 11.6 Å². The second-order valence-electron chi connectivity index (χ2n) is 10.3. The van der Waals surface area contributed by atoms with Gasteiger partial charge >= 0.3 is 5.97 Å². The summed E-state index contributed by atoms with van der Waals surface area (Å²) >= 11 is 0. The van der Waals surface area contributed by atoms with E-state index in [4.69, 9.17) is 14.7 Å². The van der Waals surface area contributed by atoms with E-state index in [0.717, 1.165) is 58.8 Å². The van der Waals surface area contributed by atoms with Gasteiger partial charge in [0.2, 0.25) is 0 Å². The standard InChI is InChI=1S/C28H30N4O4/c1-5-22-29-19-8-7-9-20-23(19)25(31(22)11-10-15(3)4)16-13-32-21(24(16)30-20)12-18-17(26(32)33)14-36-27(34)28(18,35)6-2/h7-9,12,15,35H,5-6,10-11,13-14H2,1-4H3. The number of hydrogen-bond acceptors (Lipinski definition) is 7. The highest BCUT2D eigenvalue weighted by Gasteiger charge is 2.45. The molecule has 8 heteroatoms. The normalized spacial score (nSPS) is 19.8. The number of carbonyl (C=O) groups is 1. The Morgan fingerprint density at radius 2 is 2.00 bits per heavy atom. The molecule has 8 nitrogen and oxygen atoms in total. The molecular formula is C28H30N4O4. The van der Waals surface area contributed by atoms with E-state index in [2.05, 4.69) is 25.7 Å². The van der Waals surface area contributed by atoms with E-state index in [9.17, 15) is 14.7 Å². The van der Waals surface area contributed by atoms with Gasteiger partial charge in [-0.05, 0) is 37.0 Å². The van der Waals surface area contributed by atoms with Crippen LogP contribution in [0.1, 0.15) is 63.6 Å². The van der Waals surface area contributed by atoms with Crippen LogP contribution in [0.25, 0.3) is 22.3 Å². The van der Waals surface area contributed by atoms with Crippen LogP contribution >= 0.6 is 0 Å². The summed E-state index contributed by atoms with van der Waals surface area (Å²) in [7, 11) is 0. The van der Waals surface area contributed by atoms with Crippen molar-refractivity contribution in [2.45, 2.75) is 65.7 Å². The van der Waals surface area contributed by atoms with Crippen molar-refractivity contribution in [1.29, 1.82) is 0 Å². The number of esters is 1. The van der Waals surface area contributed by atoms with E-state index >= 15 is 0 Å². The van der Waals surface area contributed by atoms with Crippen molar-refractivity contribution in [2.24, 2.45) is 10.9 Å². The van der Waals surface area contributed by atoms with Gasteiger partial charge in [0.1, 0.15) is 12.4 Å². The minimum absolute atomic E-state index is 0.119.